The lowest BCUT2D eigenvalue weighted by Gasteiger charge is -2.38. The molecule has 0 spiro atoms. The molecular weight excluding hydrogens is 371 g/mol. The molecule has 2 aliphatic rings. The number of amides is 1. The van der Waals surface area contributed by atoms with E-state index in [1.807, 2.05) is 31.2 Å². The van der Waals surface area contributed by atoms with Crippen molar-refractivity contribution in [3.8, 4) is 5.75 Å². The van der Waals surface area contributed by atoms with E-state index in [1.165, 1.54) is 0 Å². The fourth-order valence-electron chi connectivity index (χ4n) is 3.95. The van der Waals surface area contributed by atoms with Gasteiger partial charge in [0.25, 0.3) is 0 Å². The van der Waals surface area contributed by atoms with Crippen molar-refractivity contribution < 1.29 is 18.7 Å². The molecule has 2 aliphatic carbocycles. The highest BCUT2D eigenvalue weighted by molar-refractivity contribution is 5.93. The Balaban J connectivity index is 1.52. The molecular formula is C23H31FN2O3. The normalized spacial score (nSPS) is 27.0. The molecule has 3 N–H and O–H groups in total. The summed E-state index contributed by atoms with van der Waals surface area (Å²) < 4.78 is 23.5. The number of rotatable bonds is 8. The van der Waals surface area contributed by atoms with Gasteiger partial charge in [-0.25, -0.2) is 4.39 Å². The lowest BCUT2D eigenvalue weighted by atomic mass is 9.69. The zero-order valence-corrected chi connectivity index (χ0v) is 17.2. The second-order valence-corrected chi connectivity index (χ2v) is 8.23. The monoisotopic (exact) mass is 402 g/mol. The second-order valence-electron chi connectivity index (χ2n) is 8.23. The maximum absolute atomic E-state index is 12.8. The Bertz CT molecular complexity index is 767. The van der Waals surface area contributed by atoms with E-state index in [0.717, 1.165) is 36.8 Å². The van der Waals surface area contributed by atoms with Gasteiger partial charge in [-0.15, -0.1) is 0 Å². The highest BCUT2D eigenvalue weighted by atomic mass is 19.1. The van der Waals surface area contributed by atoms with Gasteiger partial charge in [0.2, 0.25) is 5.91 Å². The number of benzene rings is 1. The lowest BCUT2D eigenvalue weighted by molar-refractivity contribution is -0.129. The van der Waals surface area contributed by atoms with Crippen molar-refractivity contribution in [1.82, 2.24) is 5.32 Å². The van der Waals surface area contributed by atoms with Gasteiger partial charge in [-0.2, -0.15) is 0 Å². The highest BCUT2D eigenvalue weighted by Gasteiger charge is 2.40. The summed E-state index contributed by atoms with van der Waals surface area (Å²) in [6, 6.07) is 7.88. The first-order valence-corrected chi connectivity index (χ1v) is 10.2. The average Bonchev–Trinajstić information content (AvgIpc) is 2.73. The number of halogens is 1. The zero-order valence-electron chi connectivity index (χ0n) is 17.2. The Kier molecular flexibility index (Phi) is 7.09. The predicted molar refractivity (Wildman–Crippen MR) is 112 cm³/mol. The topological polar surface area (TPSA) is 73.6 Å². The fourth-order valence-corrected chi connectivity index (χ4v) is 3.95. The van der Waals surface area contributed by atoms with Crippen molar-refractivity contribution in [2.45, 2.75) is 51.2 Å². The molecule has 0 aliphatic heterocycles. The molecule has 0 heterocycles. The summed E-state index contributed by atoms with van der Waals surface area (Å²) in [4.78, 5) is 12.8. The Morgan fingerprint density at radius 1 is 1.28 bits per heavy atom. The van der Waals surface area contributed by atoms with Gasteiger partial charge >= 0.3 is 0 Å². The first kappa shape index (κ1) is 21.5. The Hall–Kier alpha value is -2.18. The van der Waals surface area contributed by atoms with E-state index in [0.29, 0.717) is 30.2 Å². The van der Waals surface area contributed by atoms with Crippen molar-refractivity contribution >= 4 is 11.5 Å². The van der Waals surface area contributed by atoms with Gasteiger partial charge in [0, 0.05) is 25.3 Å². The van der Waals surface area contributed by atoms with E-state index < -0.39 is 5.41 Å². The van der Waals surface area contributed by atoms with Crippen LogP contribution in [0.2, 0.25) is 0 Å². The lowest BCUT2D eigenvalue weighted by Crippen LogP contribution is -2.47. The second kappa shape index (κ2) is 9.55. The fraction of sp³-hybridized carbons (Fsp3) is 0.522. The van der Waals surface area contributed by atoms with Gasteiger partial charge in [-0.3, -0.25) is 4.79 Å². The Morgan fingerprint density at radius 2 is 1.93 bits per heavy atom. The van der Waals surface area contributed by atoms with Crippen LogP contribution >= 0.6 is 0 Å². The van der Waals surface area contributed by atoms with E-state index in [-0.39, 0.29) is 25.1 Å². The maximum Gasteiger partial charge on any atom is 0.230 e. The first-order chi connectivity index (χ1) is 14.0. The molecule has 0 saturated heterocycles. The third kappa shape index (κ3) is 5.25. The number of nitrogens with one attached hydrogen (secondary N) is 1. The van der Waals surface area contributed by atoms with Crippen LogP contribution in [-0.4, -0.2) is 38.3 Å². The number of carbonyl (C=O) groups is 1. The third-order valence-electron chi connectivity index (χ3n) is 5.98. The maximum atomic E-state index is 12.8. The van der Waals surface area contributed by atoms with Crippen molar-refractivity contribution in [3.63, 3.8) is 0 Å². The molecule has 1 amide bonds. The van der Waals surface area contributed by atoms with E-state index in [9.17, 15) is 9.18 Å². The van der Waals surface area contributed by atoms with Gasteiger partial charge < -0.3 is 20.5 Å². The van der Waals surface area contributed by atoms with Crippen LogP contribution in [-0.2, 0) is 9.53 Å². The highest BCUT2D eigenvalue weighted by Crippen LogP contribution is 2.44. The van der Waals surface area contributed by atoms with Crippen LogP contribution in [0.5, 0.6) is 5.75 Å². The number of nitrogens with two attached hydrogens (primary N) is 1. The SMILES string of the molecule is CO[C@H]1CC[C@H](NC(=O)C2(C)C=C(c3ccc(OC/C(=C/F)CN)cc3)C2)CC1. The molecule has 1 unspecified atom stereocenters. The number of methoxy groups -OCH3 is 1. The first-order valence-electron chi connectivity index (χ1n) is 10.2. The van der Waals surface area contributed by atoms with E-state index in [1.54, 1.807) is 7.11 Å². The van der Waals surface area contributed by atoms with E-state index in [4.69, 9.17) is 15.2 Å². The molecule has 158 valence electrons. The van der Waals surface area contributed by atoms with Crippen LogP contribution < -0.4 is 15.8 Å². The van der Waals surface area contributed by atoms with Crippen LogP contribution in [0, 0.1) is 5.41 Å². The minimum absolute atomic E-state index is 0.106. The summed E-state index contributed by atoms with van der Waals surface area (Å²) in [6.07, 6.45) is 7.54. The molecule has 0 aromatic heterocycles. The van der Waals surface area contributed by atoms with Crippen LogP contribution in [0.25, 0.3) is 5.57 Å². The summed E-state index contributed by atoms with van der Waals surface area (Å²) >= 11 is 0. The number of hydrogen-bond donors (Lipinski definition) is 2. The van der Waals surface area contributed by atoms with E-state index >= 15 is 0 Å². The largest absolute Gasteiger partial charge is 0.489 e. The van der Waals surface area contributed by atoms with Crippen molar-refractivity contribution in [2.24, 2.45) is 11.1 Å². The summed E-state index contributed by atoms with van der Waals surface area (Å²) in [5.74, 6) is 0.767. The molecule has 1 aromatic carbocycles. The van der Waals surface area contributed by atoms with Gasteiger partial charge in [-0.1, -0.05) is 18.2 Å². The van der Waals surface area contributed by atoms with E-state index in [2.05, 4.69) is 11.4 Å². The quantitative estimate of drug-likeness (QED) is 0.695. The average molecular weight is 403 g/mol. The van der Waals surface area contributed by atoms with Gasteiger partial charge in [0.15, 0.2) is 0 Å². The Morgan fingerprint density at radius 3 is 2.48 bits per heavy atom. The molecule has 6 heteroatoms. The summed E-state index contributed by atoms with van der Waals surface area (Å²) in [5, 5.41) is 3.22. The van der Waals surface area contributed by atoms with Crippen LogP contribution in [0.15, 0.2) is 42.2 Å². The summed E-state index contributed by atoms with van der Waals surface area (Å²) in [5.41, 5.74) is 7.61. The standard InChI is InChI=1S/C23H31FN2O3/c1-23(22(27)26-19-5-9-20(28-2)10-6-19)11-18(12-23)17-3-7-21(8-4-17)29-15-16(13-24)14-25/h3-4,7-8,11,13,19-20H,5-6,9-10,12,14-15,25H2,1-2H3,(H,26,27)/b16-13+/t19-,20-,23?. The van der Waals surface area contributed by atoms with Crippen molar-refractivity contribution in [3.05, 3.63) is 47.8 Å². The molecule has 0 radical (unpaired) electrons. The molecule has 1 saturated carbocycles. The number of ether oxygens (including phenoxy) is 2. The number of hydrogen-bond acceptors (Lipinski definition) is 4. The number of carbonyl (C=O) groups excluding carboxylic acids is 1. The summed E-state index contributed by atoms with van der Waals surface area (Å²) in [7, 11) is 1.75. The predicted octanol–water partition coefficient (Wildman–Crippen LogP) is 3.74. The zero-order chi connectivity index (χ0) is 20.9. The molecule has 3 rings (SSSR count). The molecule has 1 atom stereocenters. The minimum atomic E-state index is -0.454. The molecule has 29 heavy (non-hydrogen) atoms. The van der Waals surface area contributed by atoms with Crippen LogP contribution in [0.3, 0.4) is 0 Å². The van der Waals surface area contributed by atoms with Gasteiger partial charge in [0.1, 0.15) is 12.4 Å². The molecule has 5 nitrogen and oxygen atoms in total. The minimum Gasteiger partial charge on any atom is -0.489 e. The van der Waals surface area contributed by atoms with Crippen LogP contribution in [0.1, 0.15) is 44.6 Å². The summed E-state index contributed by atoms with van der Waals surface area (Å²) in [6.45, 7) is 2.26. The smallest absolute Gasteiger partial charge is 0.230 e. The third-order valence-corrected chi connectivity index (χ3v) is 5.98. The van der Waals surface area contributed by atoms with Crippen LogP contribution in [0.4, 0.5) is 4.39 Å². The van der Waals surface area contributed by atoms with Crippen molar-refractivity contribution in [2.75, 3.05) is 20.3 Å². The molecule has 1 aromatic rings. The van der Waals surface area contributed by atoms with Crippen molar-refractivity contribution in [1.29, 1.82) is 0 Å². The molecule has 1 fully saturated rings. The Labute approximate surface area is 172 Å². The molecule has 0 bridgehead atoms. The van der Waals surface area contributed by atoms with Gasteiger partial charge in [0.05, 0.1) is 17.8 Å². The van der Waals surface area contributed by atoms with Gasteiger partial charge in [-0.05, 0) is 62.3 Å². The number of allylic oxidation sites excluding steroid dienone is 1.